The number of rotatable bonds is 4. The van der Waals surface area contributed by atoms with Crippen molar-refractivity contribution in [1.82, 2.24) is 19.9 Å². The first-order valence-electron chi connectivity index (χ1n) is 5.79. The number of nitrogens with one attached hydrogen (secondary N) is 2. The maximum Gasteiger partial charge on any atom is 0.319 e. The molecule has 0 unspecified atom stereocenters. The number of hydrogen-bond acceptors (Lipinski definition) is 7. The van der Waals surface area contributed by atoms with E-state index in [2.05, 4.69) is 30.6 Å². The Bertz CT molecular complexity index is 686. The zero-order valence-corrected chi connectivity index (χ0v) is 11.0. The normalized spacial score (nSPS) is 9.82. The molecule has 2 aromatic heterocycles. The number of urea groups is 2. The lowest BCUT2D eigenvalue weighted by atomic mass is 10.2. The highest BCUT2D eigenvalue weighted by atomic mass is 16.2. The Morgan fingerprint density at radius 1 is 0.818 bits per heavy atom. The highest BCUT2D eigenvalue weighted by Gasteiger charge is 2.15. The van der Waals surface area contributed by atoms with Crippen molar-refractivity contribution in [2.45, 2.75) is 0 Å². The van der Waals surface area contributed by atoms with Gasteiger partial charge in [-0.3, -0.25) is 15.4 Å². The summed E-state index contributed by atoms with van der Waals surface area (Å²) in [5.41, 5.74) is 9.83. The molecule has 0 bridgehead atoms. The molecular formula is C11H10N8O3. The van der Waals surface area contributed by atoms with E-state index in [1.54, 1.807) is 0 Å². The van der Waals surface area contributed by atoms with E-state index in [-0.39, 0.29) is 23.3 Å². The van der Waals surface area contributed by atoms with Crippen molar-refractivity contribution in [3.63, 3.8) is 0 Å². The maximum absolute atomic E-state index is 12.3. The zero-order chi connectivity index (χ0) is 16.1. The van der Waals surface area contributed by atoms with Crippen molar-refractivity contribution in [2.75, 3.05) is 10.6 Å². The number of primary amides is 2. The van der Waals surface area contributed by atoms with Gasteiger partial charge >= 0.3 is 12.1 Å². The predicted octanol–water partition coefficient (Wildman–Crippen LogP) is -0.521. The van der Waals surface area contributed by atoms with Crippen molar-refractivity contribution < 1.29 is 14.4 Å². The van der Waals surface area contributed by atoms with Gasteiger partial charge in [-0.15, -0.1) is 0 Å². The van der Waals surface area contributed by atoms with Crippen LogP contribution in [0.1, 0.15) is 16.2 Å². The van der Waals surface area contributed by atoms with E-state index in [0.29, 0.717) is 0 Å². The van der Waals surface area contributed by atoms with Crippen molar-refractivity contribution in [3.8, 4) is 0 Å². The molecule has 2 heterocycles. The number of anilines is 2. The van der Waals surface area contributed by atoms with Crippen molar-refractivity contribution >= 4 is 29.7 Å². The molecule has 0 aliphatic carbocycles. The largest absolute Gasteiger partial charge is 0.351 e. The molecule has 0 radical (unpaired) electrons. The Hall–Kier alpha value is -3.63. The van der Waals surface area contributed by atoms with E-state index >= 15 is 0 Å². The van der Waals surface area contributed by atoms with Crippen molar-refractivity contribution in [3.05, 3.63) is 35.9 Å². The topological polar surface area (TPSA) is 179 Å². The fourth-order valence-corrected chi connectivity index (χ4v) is 1.44. The second kappa shape index (κ2) is 6.21. The predicted molar refractivity (Wildman–Crippen MR) is 73.9 cm³/mol. The molecule has 6 N–H and O–H groups in total. The van der Waals surface area contributed by atoms with Crippen molar-refractivity contribution in [2.24, 2.45) is 11.5 Å². The highest BCUT2D eigenvalue weighted by Crippen LogP contribution is 2.08. The van der Waals surface area contributed by atoms with Crippen LogP contribution >= 0.6 is 0 Å². The molecular weight excluding hydrogens is 292 g/mol. The Balaban J connectivity index is 2.28. The van der Waals surface area contributed by atoms with Crippen LogP contribution in [0.25, 0.3) is 0 Å². The number of aromatic nitrogens is 4. The number of nitrogens with zero attached hydrogens (tertiary/aromatic N) is 4. The monoisotopic (exact) mass is 302 g/mol. The number of carbonyl (C=O) groups is 3. The molecule has 0 aliphatic heterocycles. The summed E-state index contributed by atoms with van der Waals surface area (Å²) in [4.78, 5) is 48.9. The van der Waals surface area contributed by atoms with E-state index in [1.807, 2.05) is 0 Å². The lowest BCUT2D eigenvalue weighted by Crippen LogP contribution is -2.22. The molecule has 22 heavy (non-hydrogen) atoms. The maximum atomic E-state index is 12.3. The van der Waals surface area contributed by atoms with Crippen LogP contribution in [-0.4, -0.2) is 37.8 Å². The Morgan fingerprint density at radius 3 is 1.59 bits per heavy atom. The van der Waals surface area contributed by atoms with Gasteiger partial charge in [0.15, 0.2) is 0 Å². The third-order valence-corrected chi connectivity index (χ3v) is 2.25. The standard InChI is InChI=1S/C11H10N8O3/c12-8(21)18-10-14-3-1-5(16-10)7(20)6-2-4-15-11(17-6)19-9(13)22/h1-4H,(H3,12,14,16,18,21)(H3,13,15,17,19,22). The summed E-state index contributed by atoms with van der Waals surface area (Å²) >= 11 is 0. The van der Waals surface area contributed by atoms with Gasteiger partial charge in [0.2, 0.25) is 17.7 Å². The van der Waals surface area contributed by atoms with Gasteiger partial charge in [-0.25, -0.2) is 29.5 Å². The molecule has 2 aromatic rings. The molecule has 0 spiro atoms. The smallest absolute Gasteiger partial charge is 0.319 e. The van der Waals surface area contributed by atoms with Gasteiger partial charge in [-0.2, -0.15) is 0 Å². The van der Waals surface area contributed by atoms with E-state index in [4.69, 9.17) is 11.5 Å². The fourth-order valence-electron chi connectivity index (χ4n) is 1.44. The van der Waals surface area contributed by atoms with Crippen LogP contribution < -0.4 is 22.1 Å². The van der Waals surface area contributed by atoms with Crippen molar-refractivity contribution in [1.29, 1.82) is 0 Å². The SMILES string of the molecule is NC(=O)Nc1nccc(C(=O)c2ccnc(NC(N)=O)n2)n1. The first-order valence-corrected chi connectivity index (χ1v) is 5.79. The molecule has 0 atom stereocenters. The Morgan fingerprint density at radius 2 is 1.23 bits per heavy atom. The average molecular weight is 302 g/mol. The average Bonchev–Trinajstić information content (AvgIpc) is 2.45. The van der Waals surface area contributed by atoms with Gasteiger partial charge in [-0.1, -0.05) is 0 Å². The molecule has 112 valence electrons. The summed E-state index contributed by atoms with van der Waals surface area (Å²) in [6.45, 7) is 0. The lowest BCUT2D eigenvalue weighted by Gasteiger charge is -2.04. The third-order valence-electron chi connectivity index (χ3n) is 2.25. The van der Waals surface area contributed by atoms with Gasteiger partial charge < -0.3 is 11.5 Å². The van der Waals surface area contributed by atoms with E-state index in [9.17, 15) is 14.4 Å². The van der Waals surface area contributed by atoms with Gasteiger partial charge in [0.25, 0.3) is 0 Å². The molecule has 0 aliphatic rings. The summed E-state index contributed by atoms with van der Waals surface area (Å²) in [7, 11) is 0. The minimum atomic E-state index is -0.862. The number of amides is 4. The van der Waals surface area contributed by atoms with Gasteiger partial charge in [0.1, 0.15) is 11.4 Å². The fraction of sp³-hybridized carbons (Fsp3) is 0. The first-order chi connectivity index (χ1) is 10.5. The quantitative estimate of drug-likeness (QED) is 0.548. The molecule has 2 rings (SSSR count). The number of carbonyl (C=O) groups excluding carboxylic acids is 3. The zero-order valence-electron chi connectivity index (χ0n) is 11.0. The highest BCUT2D eigenvalue weighted by molar-refractivity contribution is 6.06. The van der Waals surface area contributed by atoms with E-state index in [1.165, 1.54) is 24.5 Å². The summed E-state index contributed by atoms with van der Waals surface area (Å²) in [6.07, 6.45) is 2.55. The molecule has 11 heteroatoms. The number of hydrogen-bond donors (Lipinski definition) is 4. The van der Waals surface area contributed by atoms with Crippen LogP contribution in [0.2, 0.25) is 0 Å². The van der Waals surface area contributed by atoms with Crippen LogP contribution in [-0.2, 0) is 0 Å². The third kappa shape index (κ3) is 3.69. The minimum absolute atomic E-state index is 0.0255. The number of nitrogens with two attached hydrogens (primary N) is 2. The van der Waals surface area contributed by atoms with Crippen LogP contribution in [0.3, 0.4) is 0 Å². The first kappa shape index (κ1) is 14.8. The summed E-state index contributed by atoms with van der Waals surface area (Å²) in [5.74, 6) is -0.810. The van der Waals surface area contributed by atoms with Gasteiger partial charge in [-0.05, 0) is 12.1 Å². The molecule has 0 aromatic carbocycles. The Kier molecular flexibility index (Phi) is 4.17. The molecule has 4 amide bonds. The second-order valence-corrected chi connectivity index (χ2v) is 3.84. The molecule has 11 nitrogen and oxygen atoms in total. The van der Waals surface area contributed by atoms with Gasteiger partial charge in [0.05, 0.1) is 0 Å². The molecule has 0 saturated heterocycles. The second-order valence-electron chi connectivity index (χ2n) is 3.84. The van der Waals surface area contributed by atoms with Gasteiger partial charge in [0, 0.05) is 12.4 Å². The summed E-state index contributed by atoms with van der Waals surface area (Å²) < 4.78 is 0. The van der Waals surface area contributed by atoms with E-state index < -0.39 is 17.8 Å². The summed E-state index contributed by atoms with van der Waals surface area (Å²) in [6, 6.07) is 0.939. The number of ketones is 1. The van der Waals surface area contributed by atoms with Crippen LogP contribution in [0.4, 0.5) is 21.5 Å². The lowest BCUT2D eigenvalue weighted by molar-refractivity contribution is 0.102. The van der Waals surface area contributed by atoms with Crippen LogP contribution in [0, 0.1) is 0 Å². The molecule has 0 saturated carbocycles. The van der Waals surface area contributed by atoms with Crippen LogP contribution in [0.5, 0.6) is 0 Å². The minimum Gasteiger partial charge on any atom is -0.351 e. The van der Waals surface area contributed by atoms with E-state index in [0.717, 1.165) is 0 Å². The van der Waals surface area contributed by atoms with Crippen LogP contribution in [0.15, 0.2) is 24.5 Å². The Labute approximate surface area is 123 Å². The molecule has 0 fully saturated rings. The summed E-state index contributed by atoms with van der Waals surface area (Å²) in [5, 5.41) is 4.29.